The highest BCUT2D eigenvalue weighted by molar-refractivity contribution is 7.92. The molecule has 0 aromatic heterocycles. The number of amides is 1. The molecular formula is C25H23Cl2N3O5S. The minimum Gasteiger partial charge on any atom is -0.493 e. The number of benzene rings is 3. The first-order valence-electron chi connectivity index (χ1n) is 10.5. The molecule has 0 aliphatic heterocycles. The van der Waals surface area contributed by atoms with Gasteiger partial charge in [-0.2, -0.15) is 5.10 Å². The van der Waals surface area contributed by atoms with Gasteiger partial charge < -0.3 is 9.47 Å². The molecule has 0 aliphatic carbocycles. The van der Waals surface area contributed by atoms with Crippen LogP contribution in [0, 0.1) is 0 Å². The number of nitrogens with zero attached hydrogens (tertiary/aromatic N) is 2. The third kappa shape index (κ3) is 6.78. The summed E-state index contributed by atoms with van der Waals surface area (Å²) in [6, 6.07) is 17.1. The third-order valence-corrected chi connectivity index (χ3v) is 7.28. The lowest BCUT2D eigenvalue weighted by molar-refractivity contribution is -0.119. The van der Waals surface area contributed by atoms with Crippen molar-refractivity contribution in [1.82, 2.24) is 5.43 Å². The molecule has 0 heterocycles. The molecule has 8 nitrogen and oxygen atoms in total. The number of carbonyl (C=O) groups is 1. The van der Waals surface area contributed by atoms with E-state index in [2.05, 4.69) is 17.1 Å². The normalized spacial score (nSPS) is 11.2. The van der Waals surface area contributed by atoms with Crippen molar-refractivity contribution in [3.05, 3.63) is 95.0 Å². The molecule has 0 spiro atoms. The maximum absolute atomic E-state index is 13.3. The molecule has 3 aromatic carbocycles. The first kappa shape index (κ1) is 27.1. The largest absolute Gasteiger partial charge is 0.493 e. The fourth-order valence-electron chi connectivity index (χ4n) is 3.05. The van der Waals surface area contributed by atoms with Gasteiger partial charge in [-0.15, -0.1) is 0 Å². The Labute approximate surface area is 219 Å². The van der Waals surface area contributed by atoms with Crippen LogP contribution in [0.2, 0.25) is 10.0 Å². The molecule has 1 N–H and O–H groups in total. The Hall–Kier alpha value is -3.53. The van der Waals surface area contributed by atoms with Gasteiger partial charge in [0.2, 0.25) is 0 Å². The van der Waals surface area contributed by atoms with E-state index in [9.17, 15) is 13.2 Å². The highest BCUT2D eigenvalue weighted by atomic mass is 35.5. The van der Waals surface area contributed by atoms with Crippen LogP contribution in [0.5, 0.6) is 11.5 Å². The summed E-state index contributed by atoms with van der Waals surface area (Å²) < 4.78 is 38.4. The van der Waals surface area contributed by atoms with Gasteiger partial charge in [0.15, 0.2) is 11.5 Å². The van der Waals surface area contributed by atoms with Crippen LogP contribution >= 0.6 is 23.2 Å². The number of halogens is 2. The predicted molar refractivity (Wildman–Crippen MR) is 142 cm³/mol. The maximum Gasteiger partial charge on any atom is 0.264 e. The molecular weight excluding hydrogens is 525 g/mol. The van der Waals surface area contributed by atoms with Crippen molar-refractivity contribution >= 4 is 51.0 Å². The monoisotopic (exact) mass is 547 g/mol. The number of anilines is 1. The van der Waals surface area contributed by atoms with Crippen molar-refractivity contribution in [1.29, 1.82) is 0 Å². The molecule has 0 atom stereocenters. The first-order chi connectivity index (χ1) is 17.3. The summed E-state index contributed by atoms with van der Waals surface area (Å²) in [5.74, 6) is 0.337. The van der Waals surface area contributed by atoms with E-state index in [1.54, 1.807) is 42.5 Å². The molecule has 3 aromatic rings. The van der Waals surface area contributed by atoms with Crippen molar-refractivity contribution in [2.75, 3.05) is 24.6 Å². The van der Waals surface area contributed by atoms with Crippen molar-refractivity contribution in [2.24, 2.45) is 5.10 Å². The smallest absolute Gasteiger partial charge is 0.264 e. The van der Waals surface area contributed by atoms with E-state index in [0.29, 0.717) is 23.7 Å². The quantitative estimate of drug-likeness (QED) is 0.209. The van der Waals surface area contributed by atoms with Crippen LogP contribution in [0.25, 0.3) is 0 Å². The number of carbonyl (C=O) groups excluding carboxylic acids is 1. The van der Waals surface area contributed by atoms with Crippen molar-refractivity contribution in [3.8, 4) is 11.5 Å². The Morgan fingerprint density at radius 3 is 2.47 bits per heavy atom. The molecule has 0 saturated heterocycles. The molecule has 0 unspecified atom stereocenters. The zero-order valence-corrected chi connectivity index (χ0v) is 21.6. The van der Waals surface area contributed by atoms with Crippen LogP contribution in [0.15, 0.2) is 89.4 Å². The number of sulfonamides is 1. The topological polar surface area (TPSA) is 97.3 Å². The molecule has 1 amide bonds. The third-order valence-electron chi connectivity index (χ3n) is 4.76. The van der Waals surface area contributed by atoms with E-state index >= 15 is 0 Å². The van der Waals surface area contributed by atoms with Crippen molar-refractivity contribution in [3.63, 3.8) is 0 Å². The van der Waals surface area contributed by atoms with Crippen LogP contribution in [-0.4, -0.2) is 40.8 Å². The molecule has 0 aliphatic rings. The van der Waals surface area contributed by atoms with E-state index in [0.717, 1.165) is 4.31 Å². The lowest BCUT2D eigenvalue weighted by Crippen LogP contribution is -2.39. The number of methoxy groups -OCH3 is 1. The fourth-order valence-corrected chi connectivity index (χ4v) is 4.78. The van der Waals surface area contributed by atoms with Gasteiger partial charge in [0.25, 0.3) is 15.9 Å². The maximum atomic E-state index is 13.3. The van der Waals surface area contributed by atoms with Gasteiger partial charge in [-0.05, 0) is 54.1 Å². The average molecular weight is 548 g/mol. The van der Waals surface area contributed by atoms with Crippen LogP contribution in [0.3, 0.4) is 0 Å². The highest BCUT2D eigenvalue weighted by Gasteiger charge is 2.27. The molecule has 36 heavy (non-hydrogen) atoms. The SMILES string of the molecule is C=CCOc1ccc(/C=N/NC(=O)CN(c2ccc(Cl)c(Cl)c2)S(=O)(=O)c2ccccc2)cc1OC. The second kappa shape index (κ2) is 12.4. The predicted octanol–water partition coefficient (Wildman–Crippen LogP) is 4.91. The number of nitrogens with one attached hydrogen (secondary N) is 1. The van der Waals surface area contributed by atoms with E-state index < -0.39 is 22.5 Å². The van der Waals surface area contributed by atoms with Gasteiger partial charge >= 0.3 is 0 Å². The number of rotatable bonds is 11. The molecule has 11 heteroatoms. The Morgan fingerprint density at radius 2 is 1.81 bits per heavy atom. The molecule has 0 radical (unpaired) electrons. The number of ether oxygens (including phenoxy) is 2. The summed E-state index contributed by atoms with van der Waals surface area (Å²) in [6.07, 6.45) is 3.01. The van der Waals surface area contributed by atoms with Gasteiger partial charge in [0.1, 0.15) is 13.2 Å². The minimum atomic E-state index is -4.10. The summed E-state index contributed by atoms with van der Waals surface area (Å²) in [5.41, 5.74) is 3.14. The minimum absolute atomic E-state index is 0.0123. The second-order valence-electron chi connectivity index (χ2n) is 7.23. The van der Waals surface area contributed by atoms with Gasteiger partial charge in [-0.3, -0.25) is 9.10 Å². The Morgan fingerprint density at radius 1 is 1.06 bits per heavy atom. The fraction of sp³-hybridized carbons (Fsp3) is 0.120. The van der Waals surface area contributed by atoms with Gasteiger partial charge in [0, 0.05) is 0 Å². The summed E-state index contributed by atoms with van der Waals surface area (Å²) in [5, 5.41) is 4.34. The van der Waals surface area contributed by atoms with Crippen molar-refractivity contribution < 1.29 is 22.7 Å². The van der Waals surface area contributed by atoms with Gasteiger partial charge in [-0.25, -0.2) is 13.8 Å². The van der Waals surface area contributed by atoms with Crippen LogP contribution in [-0.2, 0) is 14.8 Å². The lowest BCUT2D eigenvalue weighted by Gasteiger charge is -2.24. The molecule has 3 rings (SSSR count). The average Bonchev–Trinajstić information content (AvgIpc) is 2.88. The zero-order valence-electron chi connectivity index (χ0n) is 19.2. The van der Waals surface area contributed by atoms with Crippen molar-refractivity contribution in [2.45, 2.75) is 4.90 Å². The van der Waals surface area contributed by atoms with E-state index in [4.69, 9.17) is 32.7 Å². The van der Waals surface area contributed by atoms with Gasteiger partial charge in [0.05, 0.1) is 34.0 Å². The van der Waals surface area contributed by atoms with E-state index in [1.165, 1.54) is 43.7 Å². The zero-order chi connectivity index (χ0) is 26.1. The molecule has 0 saturated carbocycles. The number of hydrazone groups is 1. The Kier molecular flexibility index (Phi) is 9.35. The lowest BCUT2D eigenvalue weighted by atomic mass is 10.2. The summed E-state index contributed by atoms with van der Waals surface area (Å²) in [4.78, 5) is 12.7. The summed E-state index contributed by atoms with van der Waals surface area (Å²) >= 11 is 12.1. The Bertz CT molecular complexity index is 1370. The van der Waals surface area contributed by atoms with E-state index in [-0.39, 0.29) is 20.6 Å². The standard InChI is InChI=1S/C25H23Cl2N3O5S/c1-3-13-35-23-12-9-18(14-24(23)34-2)16-28-29-25(31)17-30(19-10-11-21(26)22(27)15-19)36(32,33)20-7-5-4-6-8-20/h3-12,14-16H,1,13,17H2,2H3,(H,29,31)/b28-16+. The Balaban J connectivity index is 1.80. The second-order valence-corrected chi connectivity index (χ2v) is 9.90. The number of hydrogen-bond donors (Lipinski definition) is 1. The highest BCUT2D eigenvalue weighted by Crippen LogP contribution is 2.30. The van der Waals surface area contributed by atoms with Crippen LogP contribution in [0.4, 0.5) is 5.69 Å². The van der Waals surface area contributed by atoms with E-state index in [1.807, 2.05) is 0 Å². The van der Waals surface area contributed by atoms with Crippen LogP contribution < -0.4 is 19.2 Å². The molecule has 0 fully saturated rings. The van der Waals surface area contributed by atoms with Gasteiger partial charge in [-0.1, -0.05) is 54.1 Å². The van der Waals surface area contributed by atoms with Crippen LogP contribution in [0.1, 0.15) is 5.56 Å². The first-order valence-corrected chi connectivity index (χ1v) is 12.7. The summed E-state index contributed by atoms with van der Waals surface area (Å²) in [7, 11) is -2.59. The molecule has 0 bridgehead atoms. The molecule has 188 valence electrons. The summed E-state index contributed by atoms with van der Waals surface area (Å²) in [6.45, 7) is 3.37. The number of hydrogen-bond acceptors (Lipinski definition) is 6.